The Bertz CT molecular complexity index is 760. The standard InChI is InChI=1S/C18H27N3O4S/c1-2-3-17(19)18(22)20-7-6-14-12-16(5-4-15(14)13-20)26(23,24)21-8-10-25-11-9-21/h4-5,12,17H,2-3,6-11,13,19H2,1H3/t17-/m0/s1. The summed E-state index contributed by atoms with van der Waals surface area (Å²) in [6, 6.07) is 4.77. The molecule has 0 aromatic heterocycles. The number of carbonyl (C=O) groups is 1. The van der Waals surface area contributed by atoms with Gasteiger partial charge in [0, 0.05) is 26.2 Å². The molecule has 2 aliphatic heterocycles. The third kappa shape index (κ3) is 3.93. The highest BCUT2D eigenvalue weighted by Crippen LogP contribution is 2.25. The number of hydrogen-bond acceptors (Lipinski definition) is 5. The predicted molar refractivity (Wildman–Crippen MR) is 98.0 cm³/mol. The van der Waals surface area contributed by atoms with Gasteiger partial charge in [-0.25, -0.2) is 8.42 Å². The molecular weight excluding hydrogens is 354 g/mol. The van der Waals surface area contributed by atoms with Gasteiger partial charge in [-0.1, -0.05) is 19.4 Å². The van der Waals surface area contributed by atoms with E-state index in [1.165, 1.54) is 4.31 Å². The topological polar surface area (TPSA) is 92.9 Å². The first kappa shape index (κ1) is 19.3. The molecule has 1 aromatic carbocycles. The first-order valence-corrected chi connectivity index (χ1v) is 10.6. The largest absolute Gasteiger partial charge is 0.379 e. The first-order chi connectivity index (χ1) is 12.4. The molecule has 0 unspecified atom stereocenters. The molecule has 144 valence electrons. The number of amides is 1. The average Bonchev–Trinajstić information content (AvgIpc) is 2.67. The molecule has 1 saturated heterocycles. The van der Waals surface area contributed by atoms with Crippen LogP contribution in [0.15, 0.2) is 23.1 Å². The van der Waals surface area contributed by atoms with E-state index in [4.69, 9.17) is 10.5 Å². The molecule has 0 saturated carbocycles. The third-order valence-corrected chi connectivity index (χ3v) is 6.92. The summed E-state index contributed by atoms with van der Waals surface area (Å²) in [5.41, 5.74) is 7.94. The summed E-state index contributed by atoms with van der Waals surface area (Å²) < 4.78 is 32.3. The zero-order valence-corrected chi connectivity index (χ0v) is 16.0. The molecule has 1 atom stereocenters. The Morgan fingerprint density at radius 1 is 1.23 bits per heavy atom. The molecule has 0 spiro atoms. The van der Waals surface area contributed by atoms with Crippen molar-refractivity contribution in [2.45, 2.75) is 43.7 Å². The minimum Gasteiger partial charge on any atom is -0.379 e. The normalized spacial score (nSPS) is 19.8. The minimum absolute atomic E-state index is 0.0254. The van der Waals surface area contributed by atoms with Crippen molar-refractivity contribution in [1.82, 2.24) is 9.21 Å². The molecule has 7 nitrogen and oxygen atoms in total. The van der Waals surface area contributed by atoms with Crippen molar-refractivity contribution < 1.29 is 17.9 Å². The monoisotopic (exact) mass is 381 g/mol. The maximum atomic E-state index is 12.8. The van der Waals surface area contributed by atoms with Gasteiger partial charge in [0.1, 0.15) is 0 Å². The van der Waals surface area contributed by atoms with Crippen LogP contribution >= 0.6 is 0 Å². The molecule has 26 heavy (non-hydrogen) atoms. The van der Waals surface area contributed by atoms with Crippen LogP contribution in [-0.4, -0.2) is 62.4 Å². The highest BCUT2D eigenvalue weighted by Gasteiger charge is 2.29. The van der Waals surface area contributed by atoms with Crippen LogP contribution in [0.5, 0.6) is 0 Å². The maximum Gasteiger partial charge on any atom is 0.243 e. The van der Waals surface area contributed by atoms with Gasteiger partial charge in [-0.2, -0.15) is 4.31 Å². The molecular formula is C18H27N3O4S. The van der Waals surface area contributed by atoms with Crippen LogP contribution in [0.25, 0.3) is 0 Å². The van der Waals surface area contributed by atoms with Gasteiger partial charge in [0.25, 0.3) is 0 Å². The summed E-state index contributed by atoms with van der Waals surface area (Å²) >= 11 is 0. The van der Waals surface area contributed by atoms with E-state index in [2.05, 4.69) is 0 Å². The van der Waals surface area contributed by atoms with E-state index in [9.17, 15) is 13.2 Å². The zero-order valence-electron chi connectivity index (χ0n) is 15.2. The fourth-order valence-corrected chi connectivity index (χ4v) is 4.94. The van der Waals surface area contributed by atoms with Crippen LogP contribution in [0.4, 0.5) is 0 Å². The van der Waals surface area contributed by atoms with Crippen molar-refractivity contribution in [1.29, 1.82) is 0 Å². The van der Waals surface area contributed by atoms with Gasteiger partial charge >= 0.3 is 0 Å². The number of nitrogens with two attached hydrogens (primary N) is 1. The number of morpholine rings is 1. The molecule has 8 heteroatoms. The maximum absolute atomic E-state index is 12.8. The molecule has 2 heterocycles. The number of sulfonamides is 1. The van der Waals surface area contributed by atoms with Crippen molar-refractivity contribution in [2.75, 3.05) is 32.8 Å². The van der Waals surface area contributed by atoms with E-state index in [-0.39, 0.29) is 5.91 Å². The molecule has 2 aliphatic rings. The lowest BCUT2D eigenvalue weighted by molar-refractivity contribution is -0.133. The molecule has 1 fully saturated rings. The average molecular weight is 381 g/mol. The lowest BCUT2D eigenvalue weighted by Crippen LogP contribution is -2.45. The van der Waals surface area contributed by atoms with Crippen molar-refractivity contribution in [3.8, 4) is 0 Å². The van der Waals surface area contributed by atoms with E-state index < -0.39 is 16.1 Å². The number of fused-ring (bicyclic) bond motifs is 1. The molecule has 0 radical (unpaired) electrons. The van der Waals surface area contributed by atoms with Gasteiger partial charge < -0.3 is 15.4 Å². The van der Waals surface area contributed by atoms with Crippen LogP contribution in [0.2, 0.25) is 0 Å². The predicted octanol–water partition coefficient (Wildman–Crippen LogP) is 0.720. The fourth-order valence-electron chi connectivity index (χ4n) is 3.48. The summed E-state index contributed by atoms with van der Waals surface area (Å²) in [6.07, 6.45) is 2.20. The molecule has 0 aliphatic carbocycles. The Kier molecular flexibility index (Phi) is 5.96. The second-order valence-electron chi connectivity index (χ2n) is 6.85. The zero-order chi connectivity index (χ0) is 18.7. The lowest BCUT2D eigenvalue weighted by Gasteiger charge is -2.31. The van der Waals surface area contributed by atoms with Crippen LogP contribution in [0.3, 0.4) is 0 Å². The highest BCUT2D eigenvalue weighted by atomic mass is 32.2. The molecule has 3 rings (SSSR count). The van der Waals surface area contributed by atoms with Gasteiger partial charge in [0.15, 0.2) is 0 Å². The Labute approximate surface area is 155 Å². The van der Waals surface area contributed by atoms with Crippen molar-refractivity contribution >= 4 is 15.9 Å². The van der Waals surface area contributed by atoms with Crippen LogP contribution in [-0.2, 0) is 32.5 Å². The molecule has 1 aromatic rings. The fraction of sp³-hybridized carbons (Fsp3) is 0.611. The smallest absolute Gasteiger partial charge is 0.243 e. The van der Waals surface area contributed by atoms with Gasteiger partial charge in [0.2, 0.25) is 15.9 Å². The second kappa shape index (κ2) is 8.04. The number of benzene rings is 1. The Morgan fingerprint density at radius 2 is 1.96 bits per heavy atom. The van der Waals surface area contributed by atoms with Gasteiger partial charge in [-0.05, 0) is 36.1 Å². The van der Waals surface area contributed by atoms with Crippen molar-refractivity contribution in [2.24, 2.45) is 5.73 Å². The number of rotatable bonds is 5. The summed E-state index contributed by atoms with van der Waals surface area (Å²) in [5, 5.41) is 0. The van der Waals surface area contributed by atoms with E-state index in [0.29, 0.717) is 57.1 Å². The van der Waals surface area contributed by atoms with Crippen LogP contribution in [0.1, 0.15) is 30.9 Å². The molecule has 2 N–H and O–H groups in total. The first-order valence-electron chi connectivity index (χ1n) is 9.17. The summed E-state index contributed by atoms with van der Waals surface area (Å²) in [6.45, 7) is 4.70. The number of nitrogens with zero attached hydrogens (tertiary/aromatic N) is 2. The van der Waals surface area contributed by atoms with Gasteiger partial charge in [0.05, 0.1) is 24.2 Å². The van der Waals surface area contributed by atoms with Gasteiger partial charge in [-0.3, -0.25) is 4.79 Å². The summed E-state index contributed by atoms with van der Waals surface area (Å²) in [4.78, 5) is 14.5. The van der Waals surface area contributed by atoms with Crippen molar-refractivity contribution in [3.05, 3.63) is 29.3 Å². The molecule has 1 amide bonds. The second-order valence-corrected chi connectivity index (χ2v) is 8.79. The lowest BCUT2D eigenvalue weighted by atomic mass is 9.99. The Morgan fingerprint density at radius 3 is 2.65 bits per heavy atom. The van der Waals surface area contributed by atoms with Crippen molar-refractivity contribution in [3.63, 3.8) is 0 Å². The third-order valence-electron chi connectivity index (χ3n) is 5.03. The van der Waals surface area contributed by atoms with Crippen LogP contribution in [0, 0.1) is 0 Å². The highest BCUT2D eigenvalue weighted by molar-refractivity contribution is 7.89. The van der Waals surface area contributed by atoms with E-state index >= 15 is 0 Å². The summed E-state index contributed by atoms with van der Waals surface area (Å²) in [5.74, 6) is -0.0254. The number of hydrogen-bond donors (Lipinski definition) is 1. The minimum atomic E-state index is -3.49. The summed E-state index contributed by atoms with van der Waals surface area (Å²) in [7, 11) is -3.49. The Hall–Kier alpha value is -1.48. The van der Waals surface area contributed by atoms with E-state index in [0.717, 1.165) is 17.5 Å². The van der Waals surface area contributed by atoms with Crippen LogP contribution < -0.4 is 5.73 Å². The van der Waals surface area contributed by atoms with E-state index in [1.807, 2.05) is 13.0 Å². The number of carbonyl (C=O) groups excluding carboxylic acids is 1. The quantitative estimate of drug-likeness (QED) is 0.811. The number of ether oxygens (including phenoxy) is 1. The van der Waals surface area contributed by atoms with Gasteiger partial charge in [-0.15, -0.1) is 0 Å². The van der Waals surface area contributed by atoms with E-state index in [1.54, 1.807) is 17.0 Å². The molecule has 0 bridgehead atoms. The SMILES string of the molecule is CCC[C@H](N)C(=O)N1CCc2cc(S(=O)(=O)N3CCOCC3)ccc2C1. The Balaban J connectivity index is 1.76.